The Kier molecular flexibility index (Phi) is 6.10. The summed E-state index contributed by atoms with van der Waals surface area (Å²) in [6, 6.07) is 7.59. The Morgan fingerprint density at radius 2 is 2.23 bits per heavy atom. The third kappa shape index (κ3) is 4.35. The third-order valence-electron chi connectivity index (χ3n) is 4.58. The number of aryl methyl sites for hydroxylation is 2. The van der Waals surface area contributed by atoms with Crippen molar-refractivity contribution in [2.24, 2.45) is 0 Å². The molecule has 4 rings (SSSR count). The lowest BCUT2D eigenvalue weighted by molar-refractivity contribution is -0.113. The lowest BCUT2D eigenvalue weighted by Crippen LogP contribution is -2.14. The van der Waals surface area contributed by atoms with Gasteiger partial charge in [-0.3, -0.25) is 9.36 Å². The third-order valence-corrected chi connectivity index (χ3v) is 6.54. The highest BCUT2D eigenvalue weighted by molar-refractivity contribution is 7.99. The number of furan rings is 1. The summed E-state index contributed by atoms with van der Waals surface area (Å²) in [5, 5.41) is 13.5. The van der Waals surface area contributed by atoms with Crippen LogP contribution in [0.3, 0.4) is 0 Å². The van der Waals surface area contributed by atoms with Crippen LogP contribution < -0.4 is 10.1 Å². The van der Waals surface area contributed by atoms with E-state index in [1.165, 1.54) is 23.1 Å². The summed E-state index contributed by atoms with van der Waals surface area (Å²) in [6.45, 7) is 8.19. The van der Waals surface area contributed by atoms with E-state index < -0.39 is 0 Å². The number of nitrogens with zero attached hydrogens (tertiary/aromatic N) is 4. The van der Waals surface area contributed by atoms with E-state index in [1.807, 2.05) is 42.7 Å². The average molecular weight is 456 g/mol. The van der Waals surface area contributed by atoms with Crippen molar-refractivity contribution >= 4 is 45.1 Å². The quantitative estimate of drug-likeness (QED) is 0.304. The average Bonchev–Trinajstić information content (AvgIpc) is 3.43. The Balaban J connectivity index is 1.55. The van der Waals surface area contributed by atoms with Crippen LogP contribution >= 0.6 is 23.1 Å². The van der Waals surface area contributed by atoms with Crippen LogP contribution in [0.5, 0.6) is 5.75 Å². The molecule has 8 nitrogen and oxygen atoms in total. The van der Waals surface area contributed by atoms with Crippen LogP contribution in [-0.4, -0.2) is 38.5 Å². The van der Waals surface area contributed by atoms with Crippen molar-refractivity contribution in [1.29, 1.82) is 0 Å². The standard InChI is InChI=1S/C21H21N5O3S2/c1-5-9-26-19(16-10-14-7-6-8-15(28-4)18(14)29-16)24-25-21(26)30-11-17(27)23-20-22-12(2)13(3)31-20/h5-8,10H,1,9,11H2,2-4H3,(H,22,23,27). The molecule has 160 valence electrons. The molecule has 0 radical (unpaired) electrons. The highest BCUT2D eigenvalue weighted by Crippen LogP contribution is 2.34. The van der Waals surface area contributed by atoms with Crippen LogP contribution in [0.4, 0.5) is 5.13 Å². The zero-order valence-corrected chi connectivity index (χ0v) is 19.0. The number of para-hydroxylation sites is 1. The van der Waals surface area contributed by atoms with E-state index in [9.17, 15) is 4.79 Å². The van der Waals surface area contributed by atoms with Crippen LogP contribution in [0.1, 0.15) is 10.6 Å². The van der Waals surface area contributed by atoms with Crippen LogP contribution in [0.25, 0.3) is 22.6 Å². The van der Waals surface area contributed by atoms with E-state index in [4.69, 9.17) is 9.15 Å². The van der Waals surface area contributed by atoms with Gasteiger partial charge in [-0.1, -0.05) is 30.0 Å². The predicted octanol–water partition coefficient (Wildman–Crippen LogP) is 4.69. The number of nitrogens with one attached hydrogen (secondary N) is 1. The molecule has 0 aliphatic carbocycles. The highest BCUT2D eigenvalue weighted by atomic mass is 32.2. The molecular weight excluding hydrogens is 434 g/mol. The molecule has 0 unspecified atom stereocenters. The van der Waals surface area contributed by atoms with Crippen LogP contribution in [0, 0.1) is 13.8 Å². The number of hydrogen-bond acceptors (Lipinski definition) is 8. The van der Waals surface area contributed by atoms with Gasteiger partial charge in [0.05, 0.1) is 18.6 Å². The second-order valence-corrected chi connectivity index (χ2v) is 8.84. The first-order valence-corrected chi connectivity index (χ1v) is 11.3. The van der Waals surface area contributed by atoms with Gasteiger partial charge < -0.3 is 14.5 Å². The van der Waals surface area contributed by atoms with E-state index in [0.29, 0.717) is 39.7 Å². The molecule has 1 amide bonds. The Bertz CT molecular complexity index is 1240. The van der Waals surface area contributed by atoms with E-state index in [2.05, 4.69) is 27.1 Å². The number of benzene rings is 1. The lowest BCUT2D eigenvalue weighted by Gasteiger charge is -2.06. The minimum absolute atomic E-state index is 0.151. The first-order chi connectivity index (χ1) is 15.0. The Hall–Kier alpha value is -3.11. The summed E-state index contributed by atoms with van der Waals surface area (Å²) in [6.07, 6.45) is 1.75. The minimum Gasteiger partial charge on any atom is -0.493 e. The maximum Gasteiger partial charge on any atom is 0.236 e. The zero-order chi connectivity index (χ0) is 22.0. The summed E-state index contributed by atoms with van der Waals surface area (Å²) < 4.78 is 13.3. The second kappa shape index (κ2) is 8.94. The molecule has 0 saturated heterocycles. The van der Waals surface area contributed by atoms with Crippen LogP contribution in [0.15, 0.2) is 46.5 Å². The number of thiazole rings is 1. The number of thioether (sulfide) groups is 1. The summed E-state index contributed by atoms with van der Waals surface area (Å²) in [7, 11) is 1.60. The second-order valence-electron chi connectivity index (χ2n) is 6.69. The van der Waals surface area contributed by atoms with Gasteiger partial charge in [-0.05, 0) is 26.0 Å². The molecule has 3 aromatic heterocycles. The van der Waals surface area contributed by atoms with Gasteiger partial charge in [-0.15, -0.1) is 28.1 Å². The van der Waals surface area contributed by atoms with Crippen LogP contribution in [-0.2, 0) is 11.3 Å². The highest BCUT2D eigenvalue weighted by Gasteiger charge is 2.19. The van der Waals surface area contributed by atoms with E-state index in [1.54, 1.807) is 13.2 Å². The van der Waals surface area contributed by atoms with Gasteiger partial charge in [0.15, 0.2) is 27.4 Å². The predicted molar refractivity (Wildman–Crippen MR) is 123 cm³/mol. The van der Waals surface area contributed by atoms with E-state index in [-0.39, 0.29) is 11.7 Å². The van der Waals surface area contributed by atoms with Gasteiger partial charge in [0.2, 0.25) is 11.7 Å². The molecule has 31 heavy (non-hydrogen) atoms. The molecule has 0 atom stereocenters. The first-order valence-electron chi connectivity index (χ1n) is 9.48. The fourth-order valence-electron chi connectivity index (χ4n) is 2.99. The fourth-order valence-corrected chi connectivity index (χ4v) is 4.57. The monoisotopic (exact) mass is 455 g/mol. The van der Waals surface area contributed by atoms with Gasteiger partial charge in [-0.25, -0.2) is 4.98 Å². The maximum atomic E-state index is 12.4. The smallest absolute Gasteiger partial charge is 0.236 e. The van der Waals surface area contributed by atoms with Crippen molar-refractivity contribution in [3.8, 4) is 17.3 Å². The number of ether oxygens (including phenoxy) is 1. The van der Waals surface area contributed by atoms with Crippen molar-refractivity contribution < 1.29 is 13.9 Å². The van der Waals surface area contributed by atoms with Gasteiger partial charge in [0, 0.05) is 16.8 Å². The topological polar surface area (TPSA) is 95.1 Å². The Labute approximate surface area is 187 Å². The lowest BCUT2D eigenvalue weighted by atomic mass is 10.2. The molecule has 1 aromatic carbocycles. The van der Waals surface area contributed by atoms with Gasteiger partial charge in [0.25, 0.3) is 0 Å². The number of fused-ring (bicyclic) bond motifs is 1. The number of allylic oxidation sites excluding steroid dienone is 1. The number of aromatic nitrogens is 4. The number of amides is 1. The molecule has 1 N–H and O–H groups in total. The SMILES string of the molecule is C=CCn1c(SCC(=O)Nc2nc(C)c(C)s2)nnc1-c1cc2cccc(OC)c2o1. The molecule has 10 heteroatoms. The molecule has 3 heterocycles. The molecular formula is C21H21N5O3S2. The van der Waals surface area contributed by atoms with E-state index >= 15 is 0 Å². The molecule has 4 aromatic rings. The summed E-state index contributed by atoms with van der Waals surface area (Å²) in [5.74, 6) is 1.81. The summed E-state index contributed by atoms with van der Waals surface area (Å²) >= 11 is 2.76. The summed E-state index contributed by atoms with van der Waals surface area (Å²) in [5.41, 5.74) is 1.57. The van der Waals surface area contributed by atoms with Crippen molar-refractivity contribution in [3.63, 3.8) is 0 Å². The Morgan fingerprint density at radius 3 is 2.94 bits per heavy atom. The number of hydrogen-bond donors (Lipinski definition) is 1. The largest absolute Gasteiger partial charge is 0.493 e. The molecule has 0 aliphatic rings. The van der Waals surface area contributed by atoms with Crippen molar-refractivity contribution in [1.82, 2.24) is 19.7 Å². The molecule has 0 fully saturated rings. The Morgan fingerprint density at radius 1 is 1.39 bits per heavy atom. The number of rotatable bonds is 8. The first kappa shape index (κ1) is 21.1. The zero-order valence-electron chi connectivity index (χ0n) is 17.3. The summed E-state index contributed by atoms with van der Waals surface area (Å²) in [4.78, 5) is 17.8. The molecule has 0 bridgehead atoms. The van der Waals surface area contributed by atoms with Gasteiger partial charge >= 0.3 is 0 Å². The number of methoxy groups -OCH3 is 1. The van der Waals surface area contributed by atoms with E-state index in [0.717, 1.165) is 16.0 Å². The van der Waals surface area contributed by atoms with Crippen molar-refractivity contribution in [2.45, 2.75) is 25.5 Å². The number of carbonyl (C=O) groups excluding carboxylic acids is 1. The number of anilines is 1. The van der Waals surface area contributed by atoms with Gasteiger partial charge in [-0.2, -0.15) is 0 Å². The molecule has 0 saturated carbocycles. The molecule has 0 spiro atoms. The number of carbonyl (C=O) groups is 1. The van der Waals surface area contributed by atoms with Crippen molar-refractivity contribution in [2.75, 3.05) is 18.2 Å². The minimum atomic E-state index is -0.151. The fraction of sp³-hybridized carbons (Fsp3) is 0.238. The van der Waals surface area contributed by atoms with Gasteiger partial charge in [0.1, 0.15) is 0 Å². The van der Waals surface area contributed by atoms with Crippen molar-refractivity contribution in [3.05, 3.63) is 47.5 Å². The maximum absolute atomic E-state index is 12.4. The van der Waals surface area contributed by atoms with Crippen LogP contribution in [0.2, 0.25) is 0 Å². The molecule has 0 aliphatic heterocycles. The normalized spacial score (nSPS) is 11.1.